The van der Waals surface area contributed by atoms with Crippen molar-refractivity contribution in [3.05, 3.63) is 108 Å². The lowest BCUT2D eigenvalue weighted by Crippen LogP contribution is -2.60. The highest BCUT2D eigenvalue weighted by molar-refractivity contribution is 5.58. The van der Waals surface area contributed by atoms with Crippen molar-refractivity contribution in [2.75, 3.05) is 13.7 Å². The number of benzene rings is 3. The van der Waals surface area contributed by atoms with Crippen LogP contribution in [0, 0.1) is 0 Å². The number of nitrogens with zero attached hydrogens (tertiary/aromatic N) is 3. The Hall–Kier alpha value is -3.40. The second-order valence-corrected chi connectivity index (χ2v) is 9.14. The van der Waals surface area contributed by atoms with E-state index < -0.39 is 24.8 Å². The summed E-state index contributed by atoms with van der Waals surface area (Å²) in [5, 5.41) is 8.81. The number of aromatic nitrogens is 3. The Balaban J connectivity index is 1.39. The van der Waals surface area contributed by atoms with Crippen LogP contribution in [0.2, 0.25) is 0 Å². The van der Waals surface area contributed by atoms with E-state index in [-0.39, 0.29) is 12.1 Å². The number of methoxy groups -OCH3 is 1. The van der Waals surface area contributed by atoms with E-state index in [1.54, 1.807) is 13.3 Å². The lowest BCUT2D eigenvalue weighted by atomic mass is 9.94. The molecule has 0 unspecified atom stereocenters. The third-order valence-corrected chi connectivity index (χ3v) is 6.83. The summed E-state index contributed by atoms with van der Waals surface area (Å²) >= 11 is 0. The maximum atomic E-state index is 6.61. The molecule has 8 nitrogen and oxygen atoms in total. The molecule has 0 bridgehead atoms. The second kappa shape index (κ2) is 10.9. The van der Waals surface area contributed by atoms with Gasteiger partial charge in [-0.1, -0.05) is 96.2 Å². The molecule has 0 N–H and O–H groups in total. The Morgan fingerprint density at radius 3 is 2.32 bits per heavy atom. The second-order valence-electron chi connectivity index (χ2n) is 9.14. The van der Waals surface area contributed by atoms with E-state index in [0.717, 1.165) is 22.4 Å². The number of ether oxygens (including phenoxy) is 5. The highest BCUT2D eigenvalue weighted by Crippen LogP contribution is 2.42. The maximum Gasteiger partial charge on any atom is 0.186 e. The van der Waals surface area contributed by atoms with Gasteiger partial charge in [-0.3, -0.25) is 0 Å². The molecule has 37 heavy (non-hydrogen) atoms. The monoisotopic (exact) mass is 499 g/mol. The van der Waals surface area contributed by atoms with Gasteiger partial charge in [0.2, 0.25) is 0 Å². The summed E-state index contributed by atoms with van der Waals surface area (Å²) < 4.78 is 33.3. The van der Waals surface area contributed by atoms with Crippen LogP contribution in [-0.4, -0.2) is 53.3 Å². The van der Waals surface area contributed by atoms with Crippen molar-refractivity contribution < 1.29 is 23.7 Å². The summed E-state index contributed by atoms with van der Waals surface area (Å²) in [6, 6.07) is 29.6. The zero-order chi connectivity index (χ0) is 25.0. The molecule has 4 aromatic rings. The summed E-state index contributed by atoms with van der Waals surface area (Å²) in [4.78, 5) is 0. The van der Waals surface area contributed by atoms with E-state index in [1.165, 1.54) is 0 Å². The Morgan fingerprint density at radius 1 is 0.892 bits per heavy atom. The lowest BCUT2D eigenvalue weighted by Gasteiger charge is -2.49. The highest BCUT2D eigenvalue weighted by atomic mass is 16.8. The van der Waals surface area contributed by atoms with Gasteiger partial charge in [-0.25, -0.2) is 4.68 Å². The summed E-state index contributed by atoms with van der Waals surface area (Å²) in [6.45, 7) is 0.734. The molecule has 2 fully saturated rings. The molecule has 0 radical (unpaired) electrons. The Labute approximate surface area is 215 Å². The molecular formula is C29H29N3O5. The first-order valence-electron chi connectivity index (χ1n) is 12.4. The topological polar surface area (TPSA) is 76.9 Å². The van der Waals surface area contributed by atoms with Crippen molar-refractivity contribution >= 4 is 0 Å². The first kappa shape index (κ1) is 24.0. The van der Waals surface area contributed by atoms with E-state index in [0.29, 0.717) is 13.2 Å². The number of rotatable bonds is 7. The summed E-state index contributed by atoms with van der Waals surface area (Å²) in [7, 11) is 1.62. The molecule has 6 rings (SSSR count). The predicted octanol–water partition coefficient (Wildman–Crippen LogP) is 4.56. The van der Waals surface area contributed by atoms with Gasteiger partial charge in [0.15, 0.2) is 12.6 Å². The Kier molecular flexibility index (Phi) is 7.07. The molecular weight excluding hydrogens is 470 g/mol. The molecule has 2 saturated heterocycles. The number of fused-ring (bicyclic) bond motifs is 1. The zero-order valence-electron chi connectivity index (χ0n) is 20.5. The van der Waals surface area contributed by atoms with Crippen LogP contribution in [0.1, 0.15) is 23.5 Å². The molecule has 6 atom stereocenters. The summed E-state index contributed by atoms with van der Waals surface area (Å²) in [5.41, 5.74) is 3.85. The average molecular weight is 500 g/mol. The molecule has 0 amide bonds. The number of hydrogen-bond donors (Lipinski definition) is 0. The third-order valence-electron chi connectivity index (χ3n) is 6.83. The molecule has 0 saturated carbocycles. The third kappa shape index (κ3) is 4.94. The average Bonchev–Trinajstić information content (AvgIpc) is 3.46. The maximum absolute atomic E-state index is 6.61. The van der Waals surface area contributed by atoms with Crippen LogP contribution in [-0.2, 0) is 30.3 Å². The van der Waals surface area contributed by atoms with Gasteiger partial charge in [0, 0.05) is 18.2 Å². The van der Waals surface area contributed by atoms with Crippen molar-refractivity contribution in [3.63, 3.8) is 0 Å². The number of hydrogen-bond acceptors (Lipinski definition) is 7. The van der Waals surface area contributed by atoms with Gasteiger partial charge in [-0.15, -0.1) is 5.10 Å². The minimum Gasteiger partial charge on any atom is -0.366 e. The molecule has 2 aliphatic rings. The smallest absolute Gasteiger partial charge is 0.186 e. The standard InChI is InChI=1S/C29H29N3O5/c1-33-29-27(34-18-20-11-5-2-6-12-20)25(32-23(17-30-31-32)21-13-7-3-8-14-21)26-24(36-29)19-35-28(37-26)22-15-9-4-10-16-22/h2-17,24-29H,18-19H2,1H3/t24-,25-,26-,27+,28-,29+/m1/s1. The molecule has 1 aromatic heterocycles. The van der Waals surface area contributed by atoms with E-state index in [9.17, 15) is 0 Å². The van der Waals surface area contributed by atoms with Crippen LogP contribution >= 0.6 is 0 Å². The predicted molar refractivity (Wildman–Crippen MR) is 135 cm³/mol. The van der Waals surface area contributed by atoms with Gasteiger partial charge in [-0.05, 0) is 5.56 Å². The Morgan fingerprint density at radius 2 is 1.59 bits per heavy atom. The fraction of sp³-hybridized carbons (Fsp3) is 0.310. The first-order valence-corrected chi connectivity index (χ1v) is 12.4. The largest absolute Gasteiger partial charge is 0.366 e. The van der Waals surface area contributed by atoms with Crippen molar-refractivity contribution in [1.29, 1.82) is 0 Å². The van der Waals surface area contributed by atoms with E-state index in [2.05, 4.69) is 10.3 Å². The zero-order valence-corrected chi connectivity index (χ0v) is 20.5. The fourth-order valence-corrected chi connectivity index (χ4v) is 5.04. The van der Waals surface area contributed by atoms with Crippen LogP contribution in [0.25, 0.3) is 11.3 Å². The van der Waals surface area contributed by atoms with Gasteiger partial charge in [0.05, 0.1) is 25.1 Å². The quantitative estimate of drug-likeness (QED) is 0.369. The van der Waals surface area contributed by atoms with Gasteiger partial charge >= 0.3 is 0 Å². The molecule has 8 heteroatoms. The fourth-order valence-electron chi connectivity index (χ4n) is 5.04. The van der Waals surface area contributed by atoms with Gasteiger partial charge in [-0.2, -0.15) is 0 Å². The van der Waals surface area contributed by atoms with Crippen molar-refractivity contribution in [1.82, 2.24) is 15.0 Å². The van der Waals surface area contributed by atoms with Crippen molar-refractivity contribution in [2.45, 2.75) is 43.5 Å². The molecule has 0 spiro atoms. The highest BCUT2D eigenvalue weighted by Gasteiger charge is 2.52. The SMILES string of the molecule is CO[C@H]1O[C@@H]2CO[C@@H](c3ccccc3)O[C@H]2[C@@H](n2nncc2-c2ccccc2)[C@@H]1OCc1ccccc1. The molecule has 2 aliphatic heterocycles. The van der Waals surface area contributed by atoms with Gasteiger partial charge < -0.3 is 23.7 Å². The first-order chi connectivity index (χ1) is 18.3. The van der Waals surface area contributed by atoms with E-state index in [1.807, 2.05) is 95.7 Å². The molecule has 3 heterocycles. The normalized spacial score (nSPS) is 27.5. The lowest BCUT2D eigenvalue weighted by molar-refractivity contribution is -0.353. The Bertz CT molecular complexity index is 1260. The molecule has 190 valence electrons. The summed E-state index contributed by atoms with van der Waals surface area (Å²) in [6.07, 6.45) is -0.738. The molecule has 3 aromatic carbocycles. The van der Waals surface area contributed by atoms with Crippen molar-refractivity contribution in [2.24, 2.45) is 0 Å². The van der Waals surface area contributed by atoms with Crippen LogP contribution in [0.5, 0.6) is 0 Å². The van der Waals surface area contributed by atoms with Crippen molar-refractivity contribution in [3.8, 4) is 11.3 Å². The van der Waals surface area contributed by atoms with Gasteiger partial charge in [0.25, 0.3) is 0 Å². The molecule has 0 aliphatic carbocycles. The minimum absolute atomic E-state index is 0.349. The van der Waals surface area contributed by atoms with Crippen LogP contribution in [0.4, 0.5) is 0 Å². The minimum atomic E-state index is -0.650. The van der Waals surface area contributed by atoms with E-state index >= 15 is 0 Å². The van der Waals surface area contributed by atoms with Crippen LogP contribution in [0.15, 0.2) is 97.2 Å². The van der Waals surface area contributed by atoms with Crippen LogP contribution < -0.4 is 0 Å². The van der Waals surface area contributed by atoms with Crippen LogP contribution in [0.3, 0.4) is 0 Å². The van der Waals surface area contributed by atoms with E-state index in [4.69, 9.17) is 23.7 Å². The van der Waals surface area contributed by atoms with Gasteiger partial charge in [0.1, 0.15) is 24.4 Å². The summed E-state index contributed by atoms with van der Waals surface area (Å²) in [5.74, 6) is 0.